The molecule has 0 saturated carbocycles. The first kappa shape index (κ1) is 23.9. The van der Waals surface area contributed by atoms with Crippen molar-refractivity contribution in [2.75, 3.05) is 6.61 Å². The van der Waals surface area contributed by atoms with Crippen molar-refractivity contribution in [1.82, 2.24) is 0 Å². The molecule has 0 atom stereocenters. The summed E-state index contributed by atoms with van der Waals surface area (Å²) in [5.74, 6) is 0.750. The summed E-state index contributed by atoms with van der Waals surface area (Å²) in [4.78, 5) is -0.627. The maximum absolute atomic E-state index is 12.4. The number of halogens is 4. The molecule has 0 heterocycles. The Morgan fingerprint density at radius 2 is 1.45 bits per heavy atom. The van der Waals surface area contributed by atoms with Crippen LogP contribution in [0.4, 0.5) is 13.2 Å². The second-order valence-corrected chi connectivity index (χ2v) is 12.1. The average Bonchev–Trinajstić information content (AvgIpc) is 2.62. The molecule has 0 amide bonds. The van der Waals surface area contributed by atoms with Crippen LogP contribution in [0.2, 0.25) is 0 Å². The molecule has 0 fully saturated rings. The van der Waals surface area contributed by atoms with E-state index >= 15 is 0 Å². The van der Waals surface area contributed by atoms with E-state index in [1.807, 2.05) is 24.3 Å². The minimum absolute atomic E-state index is 0.627. The Hall–Kier alpha value is -1.38. The Kier molecular flexibility index (Phi) is 7.93. The second kappa shape index (κ2) is 9.62. The fraction of sp³-hybridized carbons (Fsp3) is 0.294. The molecule has 6 nitrogen and oxygen atoms in total. The number of sulfonamides is 2. The molecule has 0 aliphatic carbocycles. The molecule has 0 N–H and O–H groups in total. The molecule has 2 aromatic carbocycles. The van der Waals surface area contributed by atoms with Crippen LogP contribution in [0, 0.1) is 7.14 Å². The van der Waals surface area contributed by atoms with Crippen molar-refractivity contribution in [1.29, 1.82) is 0 Å². The molecular weight excluding hydrogens is 546 g/mol. The number of hydrogen-bond donors (Lipinski definition) is 0. The maximum atomic E-state index is 12.4. The molecule has 0 spiro atoms. The predicted molar refractivity (Wildman–Crippen MR) is 96.2 cm³/mol. The summed E-state index contributed by atoms with van der Waals surface area (Å²) < 4.78 is 92.2. The van der Waals surface area contributed by atoms with Gasteiger partial charge >= 0.3 is 178 Å². The van der Waals surface area contributed by atoms with Crippen LogP contribution in [0.3, 0.4) is 0 Å². The topological polar surface area (TPSA) is 91.6 Å². The molecule has 12 heteroatoms. The molecule has 29 heavy (non-hydrogen) atoms. The fourth-order valence-corrected chi connectivity index (χ4v) is 6.29. The van der Waals surface area contributed by atoms with E-state index in [9.17, 15) is 30.0 Å². The van der Waals surface area contributed by atoms with Gasteiger partial charge in [0.15, 0.2) is 0 Å². The summed E-state index contributed by atoms with van der Waals surface area (Å²) in [6, 6.07) is 12.4. The summed E-state index contributed by atoms with van der Waals surface area (Å²) >= 11 is -0.676. The molecule has 0 aromatic heterocycles. The van der Waals surface area contributed by atoms with Crippen molar-refractivity contribution in [3.8, 4) is 5.75 Å². The van der Waals surface area contributed by atoms with Crippen molar-refractivity contribution in [3.05, 3.63) is 59.8 Å². The number of unbranched alkanes of at least 4 members (excludes halogenated alkanes) is 1. The van der Waals surface area contributed by atoms with Gasteiger partial charge in [0.05, 0.1) is 0 Å². The van der Waals surface area contributed by atoms with Crippen molar-refractivity contribution in [2.45, 2.75) is 30.2 Å². The molecule has 162 valence electrons. The normalized spacial score (nSPS) is 12.8. The van der Waals surface area contributed by atoms with Crippen LogP contribution in [0.1, 0.15) is 19.8 Å². The van der Waals surface area contributed by atoms with E-state index in [0.29, 0.717) is 6.61 Å². The van der Waals surface area contributed by atoms with Crippen LogP contribution < -0.4 is 25.9 Å². The van der Waals surface area contributed by atoms with Crippen LogP contribution in [0.5, 0.6) is 5.75 Å². The first-order valence-electron chi connectivity index (χ1n) is 8.23. The first-order chi connectivity index (χ1) is 13.4. The molecular formula is C17H17F3INO5S2-2. The summed E-state index contributed by atoms with van der Waals surface area (Å²) in [5.41, 5.74) is -5.78. The second-order valence-electron chi connectivity index (χ2n) is 5.67. The molecule has 0 saturated heterocycles. The summed E-state index contributed by atoms with van der Waals surface area (Å²) in [7, 11) is -11.1. The van der Waals surface area contributed by atoms with Crippen LogP contribution in [-0.4, -0.2) is 29.0 Å². The zero-order valence-electron chi connectivity index (χ0n) is 15.1. The Morgan fingerprint density at radius 3 is 1.93 bits per heavy atom. The number of alkyl halides is 3. The van der Waals surface area contributed by atoms with E-state index in [4.69, 9.17) is 4.74 Å². The van der Waals surface area contributed by atoms with Crippen molar-refractivity contribution < 1.29 is 55.9 Å². The quantitative estimate of drug-likeness (QED) is 0.334. The molecule has 2 aromatic rings. The van der Waals surface area contributed by atoms with E-state index in [2.05, 4.69) is 11.1 Å². The van der Waals surface area contributed by atoms with Gasteiger partial charge in [-0.1, -0.05) is 0 Å². The van der Waals surface area contributed by atoms with Gasteiger partial charge in [0.25, 0.3) is 0 Å². The van der Waals surface area contributed by atoms with Crippen molar-refractivity contribution in [2.24, 2.45) is 0 Å². The Bertz CT molecular complexity index is 1020. The van der Waals surface area contributed by atoms with Gasteiger partial charge in [-0.2, -0.15) is 0 Å². The Morgan fingerprint density at radius 1 is 0.931 bits per heavy atom. The Balaban J connectivity index is 2.06. The monoisotopic (exact) mass is 563 g/mol. The number of hydrogen-bond acceptors (Lipinski definition) is 5. The van der Waals surface area contributed by atoms with Crippen LogP contribution in [-0.2, 0) is 20.0 Å². The zero-order valence-corrected chi connectivity index (χ0v) is 18.8. The first-order valence-corrected chi connectivity index (χ1v) is 13.3. The summed E-state index contributed by atoms with van der Waals surface area (Å²) in [5, 5.41) is 0. The van der Waals surface area contributed by atoms with Crippen LogP contribution in [0.25, 0.3) is 4.13 Å². The molecule has 0 aliphatic rings. The van der Waals surface area contributed by atoms with E-state index in [1.54, 1.807) is 0 Å². The fourth-order valence-electron chi connectivity index (χ4n) is 1.94. The predicted octanol–water partition coefficient (Wildman–Crippen LogP) is 0.906. The molecule has 2 rings (SSSR count). The zero-order chi connectivity index (χ0) is 21.7. The van der Waals surface area contributed by atoms with E-state index in [1.165, 1.54) is 12.1 Å². The molecule has 0 unspecified atom stereocenters. The van der Waals surface area contributed by atoms with Gasteiger partial charge in [-0.3, -0.25) is 0 Å². The van der Waals surface area contributed by atoms with E-state index < -0.39 is 51.7 Å². The minimum atomic E-state index is -6.14. The Labute approximate surface area is 177 Å². The van der Waals surface area contributed by atoms with Gasteiger partial charge in [0.2, 0.25) is 0 Å². The SMILES string of the molecule is CCCCOc1ccc([I-]c2ccc(S(=O)(=O)[N-]S(=O)(=O)C(F)(F)F)cc2)cc1. The summed E-state index contributed by atoms with van der Waals surface area (Å²) in [6.45, 7) is 2.70. The van der Waals surface area contributed by atoms with E-state index in [0.717, 1.165) is 37.9 Å². The van der Waals surface area contributed by atoms with E-state index in [-0.39, 0.29) is 0 Å². The third kappa shape index (κ3) is 6.83. The third-order valence-electron chi connectivity index (χ3n) is 3.40. The van der Waals surface area contributed by atoms with Gasteiger partial charge in [-0.05, 0) is 0 Å². The van der Waals surface area contributed by atoms with Gasteiger partial charge in [0.1, 0.15) is 0 Å². The van der Waals surface area contributed by atoms with Crippen LogP contribution >= 0.6 is 0 Å². The number of ether oxygens (including phenoxy) is 1. The van der Waals surface area contributed by atoms with Gasteiger partial charge in [0, 0.05) is 0 Å². The van der Waals surface area contributed by atoms with Gasteiger partial charge in [-0.25, -0.2) is 0 Å². The summed E-state index contributed by atoms with van der Waals surface area (Å²) in [6.07, 6.45) is 1.99. The third-order valence-corrected chi connectivity index (χ3v) is 9.11. The number of benzene rings is 2. The number of rotatable bonds is 9. The van der Waals surface area contributed by atoms with Crippen molar-refractivity contribution in [3.63, 3.8) is 0 Å². The molecule has 0 radical (unpaired) electrons. The van der Waals surface area contributed by atoms with Crippen molar-refractivity contribution >= 4 is 20.0 Å². The number of nitrogens with zero attached hydrogens (tertiary/aromatic N) is 1. The molecule has 0 bridgehead atoms. The average molecular weight is 563 g/mol. The van der Waals surface area contributed by atoms with Crippen LogP contribution in [0.15, 0.2) is 53.4 Å². The van der Waals surface area contributed by atoms with Gasteiger partial charge < -0.3 is 0 Å². The standard InChI is InChI=1S/C17H17F3INO5S2/c1-2-3-12-27-15-8-4-13(5-9-15)21-14-6-10-16(11-7-14)28(23,24)22-29(25,26)17(18,19)20/h4-11H,2-3,12H2,1H3/q-2. The van der Waals surface area contributed by atoms with Gasteiger partial charge in [-0.15, -0.1) is 0 Å². The molecule has 0 aliphatic heterocycles.